The highest BCUT2D eigenvalue weighted by Gasteiger charge is 2.30. The third kappa shape index (κ3) is 4.23. The van der Waals surface area contributed by atoms with Crippen LogP contribution in [0.4, 0.5) is 10.2 Å². The molecule has 1 fully saturated rings. The molecule has 0 unspecified atom stereocenters. The summed E-state index contributed by atoms with van der Waals surface area (Å²) >= 11 is 0. The van der Waals surface area contributed by atoms with Crippen LogP contribution in [0.25, 0.3) is 5.69 Å². The lowest BCUT2D eigenvalue weighted by Gasteiger charge is -2.31. The van der Waals surface area contributed by atoms with Crippen molar-refractivity contribution in [3.05, 3.63) is 64.9 Å². The molecule has 0 aliphatic carbocycles. The number of hydrogen-bond acceptors (Lipinski definition) is 4. The average Bonchev–Trinajstić information content (AvgIpc) is 3.30. The minimum atomic E-state index is -0.298. The van der Waals surface area contributed by atoms with E-state index in [0.29, 0.717) is 43.1 Å². The largest absolute Gasteiger partial charge is 0.360 e. The molecule has 0 spiro atoms. The lowest BCUT2D eigenvalue weighted by atomic mass is 9.95. The molecule has 2 aromatic heterocycles. The van der Waals surface area contributed by atoms with Crippen LogP contribution in [-0.2, 0) is 4.79 Å². The van der Waals surface area contributed by atoms with E-state index in [2.05, 4.69) is 10.5 Å². The van der Waals surface area contributed by atoms with Crippen LogP contribution in [0.3, 0.4) is 0 Å². The molecule has 1 N–H and O–H groups in total. The normalized spacial score (nSPS) is 14.6. The molecular formula is C23H25FN4O3. The molecule has 0 saturated carbocycles. The van der Waals surface area contributed by atoms with Crippen molar-refractivity contribution in [2.24, 2.45) is 5.92 Å². The Bertz CT molecular complexity index is 1110. The van der Waals surface area contributed by atoms with Crippen molar-refractivity contribution in [2.75, 3.05) is 18.4 Å². The standard InChI is InChI=1S/C23H25FN4O3/c1-14-12-20(16(3)28(14)19-6-4-18(24)5-7-19)23(30)27-10-8-17(9-11-27)22(29)25-21-13-15(2)31-26-21/h4-7,12-13,17H,8-11H2,1-3H3,(H,25,26,29). The number of likely N-dealkylation sites (tertiary alicyclic amines) is 1. The van der Waals surface area contributed by atoms with E-state index in [4.69, 9.17) is 4.52 Å². The number of anilines is 1. The van der Waals surface area contributed by atoms with Crippen LogP contribution >= 0.6 is 0 Å². The zero-order valence-electron chi connectivity index (χ0n) is 17.8. The second kappa shape index (κ2) is 8.37. The molecule has 2 amide bonds. The molecule has 8 heteroatoms. The molecule has 3 heterocycles. The number of rotatable bonds is 4. The lowest BCUT2D eigenvalue weighted by molar-refractivity contribution is -0.121. The van der Waals surface area contributed by atoms with Crippen LogP contribution in [0.1, 0.15) is 40.3 Å². The Labute approximate surface area is 179 Å². The van der Waals surface area contributed by atoms with E-state index in [1.165, 1.54) is 12.1 Å². The minimum absolute atomic E-state index is 0.0487. The maximum absolute atomic E-state index is 13.3. The summed E-state index contributed by atoms with van der Waals surface area (Å²) < 4.78 is 20.2. The maximum Gasteiger partial charge on any atom is 0.255 e. The topological polar surface area (TPSA) is 80.4 Å². The zero-order valence-corrected chi connectivity index (χ0v) is 17.8. The van der Waals surface area contributed by atoms with Crippen molar-refractivity contribution in [3.63, 3.8) is 0 Å². The Balaban J connectivity index is 1.42. The number of nitrogens with zero attached hydrogens (tertiary/aromatic N) is 3. The predicted octanol–water partition coefficient (Wildman–Crippen LogP) is 4.02. The molecule has 7 nitrogen and oxygen atoms in total. The van der Waals surface area contributed by atoms with Gasteiger partial charge in [-0.1, -0.05) is 5.16 Å². The number of nitrogens with one attached hydrogen (secondary N) is 1. The minimum Gasteiger partial charge on any atom is -0.360 e. The van der Waals surface area contributed by atoms with Crippen molar-refractivity contribution in [2.45, 2.75) is 33.6 Å². The van der Waals surface area contributed by atoms with Crippen LogP contribution < -0.4 is 5.32 Å². The fourth-order valence-corrected chi connectivity index (χ4v) is 4.14. The SMILES string of the molecule is Cc1cc(NC(=O)C2CCN(C(=O)c3cc(C)n(-c4ccc(F)cc4)c3C)CC2)no1. The molecule has 0 atom stereocenters. The maximum atomic E-state index is 13.3. The first kappa shape index (κ1) is 20.8. The van der Waals surface area contributed by atoms with Gasteiger partial charge in [-0.25, -0.2) is 4.39 Å². The van der Waals surface area contributed by atoms with Gasteiger partial charge in [0, 0.05) is 42.1 Å². The van der Waals surface area contributed by atoms with E-state index >= 15 is 0 Å². The highest BCUT2D eigenvalue weighted by molar-refractivity contribution is 5.96. The fraction of sp³-hybridized carbons (Fsp3) is 0.348. The highest BCUT2D eigenvalue weighted by Crippen LogP contribution is 2.25. The monoisotopic (exact) mass is 424 g/mol. The van der Waals surface area contributed by atoms with Gasteiger partial charge >= 0.3 is 0 Å². The van der Waals surface area contributed by atoms with E-state index in [1.807, 2.05) is 24.5 Å². The van der Waals surface area contributed by atoms with Crippen LogP contribution in [0.2, 0.25) is 0 Å². The third-order valence-corrected chi connectivity index (χ3v) is 5.78. The molecule has 31 heavy (non-hydrogen) atoms. The summed E-state index contributed by atoms with van der Waals surface area (Å²) in [4.78, 5) is 27.4. The van der Waals surface area contributed by atoms with E-state index in [0.717, 1.165) is 17.1 Å². The molecular weight excluding hydrogens is 399 g/mol. The molecule has 0 radical (unpaired) electrons. The molecule has 1 aromatic carbocycles. The number of carbonyl (C=O) groups excluding carboxylic acids is 2. The van der Waals surface area contributed by atoms with Crippen LogP contribution in [0.5, 0.6) is 0 Å². The van der Waals surface area contributed by atoms with Gasteiger partial charge in [0.25, 0.3) is 5.91 Å². The Morgan fingerprint density at radius 3 is 2.39 bits per heavy atom. The third-order valence-electron chi connectivity index (χ3n) is 5.78. The molecule has 4 rings (SSSR count). The first-order valence-corrected chi connectivity index (χ1v) is 10.3. The van der Waals surface area contributed by atoms with Gasteiger partial charge in [-0.05, 0) is 63.9 Å². The Kier molecular flexibility index (Phi) is 5.63. The fourth-order valence-electron chi connectivity index (χ4n) is 4.14. The quantitative estimate of drug-likeness (QED) is 0.686. The second-order valence-corrected chi connectivity index (χ2v) is 7.98. The summed E-state index contributed by atoms with van der Waals surface area (Å²) in [5.41, 5.74) is 3.16. The smallest absolute Gasteiger partial charge is 0.255 e. The van der Waals surface area contributed by atoms with Crippen molar-refractivity contribution in [1.29, 1.82) is 0 Å². The summed E-state index contributed by atoms with van der Waals surface area (Å²) in [5.74, 6) is 0.423. The summed E-state index contributed by atoms with van der Waals surface area (Å²) in [6, 6.07) is 9.76. The van der Waals surface area contributed by atoms with E-state index in [-0.39, 0.29) is 23.5 Å². The van der Waals surface area contributed by atoms with Gasteiger partial charge < -0.3 is 19.3 Å². The van der Waals surface area contributed by atoms with Gasteiger partial charge in [0.15, 0.2) is 5.82 Å². The predicted molar refractivity (Wildman–Crippen MR) is 114 cm³/mol. The van der Waals surface area contributed by atoms with Gasteiger partial charge in [-0.2, -0.15) is 0 Å². The van der Waals surface area contributed by atoms with E-state index in [9.17, 15) is 14.0 Å². The number of benzene rings is 1. The Morgan fingerprint density at radius 1 is 1.10 bits per heavy atom. The van der Waals surface area contributed by atoms with Crippen molar-refractivity contribution < 1.29 is 18.5 Å². The molecule has 1 aliphatic rings. The van der Waals surface area contributed by atoms with Gasteiger partial charge in [0.05, 0.1) is 5.56 Å². The van der Waals surface area contributed by atoms with Crippen molar-refractivity contribution >= 4 is 17.6 Å². The molecule has 0 bridgehead atoms. The molecule has 1 saturated heterocycles. The first-order chi connectivity index (χ1) is 14.8. The van der Waals surface area contributed by atoms with E-state index in [1.54, 1.807) is 30.0 Å². The van der Waals surface area contributed by atoms with Gasteiger partial charge in [-0.3, -0.25) is 9.59 Å². The van der Waals surface area contributed by atoms with Crippen molar-refractivity contribution in [1.82, 2.24) is 14.6 Å². The van der Waals surface area contributed by atoms with Gasteiger partial charge in [-0.15, -0.1) is 0 Å². The Hall–Kier alpha value is -3.42. The van der Waals surface area contributed by atoms with Crippen LogP contribution in [0, 0.1) is 32.5 Å². The number of hydrogen-bond donors (Lipinski definition) is 1. The van der Waals surface area contributed by atoms with Crippen LogP contribution in [0.15, 0.2) is 40.9 Å². The number of piperidine rings is 1. The number of aryl methyl sites for hydroxylation is 2. The zero-order chi connectivity index (χ0) is 22.1. The van der Waals surface area contributed by atoms with Gasteiger partial charge in [0.2, 0.25) is 5.91 Å². The highest BCUT2D eigenvalue weighted by atomic mass is 19.1. The summed E-state index contributed by atoms with van der Waals surface area (Å²) in [6.45, 7) is 6.60. The van der Waals surface area contributed by atoms with E-state index < -0.39 is 0 Å². The summed E-state index contributed by atoms with van der Waals surface area (Å²) in [7, 11) is 0. The number of amides is 2. The van der Waals surface area contributed by atoms with Gasteiger partial charge in [0.1, 0.15) is 11.6 Å². The average molecular weight is 424 g/mol. The van der Waals surface area contributed by atoms with Crippen LogP contribution in [-0.4, -0.2) is 39.5 Å². The Morgan fingerprint density at radius 2 is 1.77 bits per heavy atom. The summed E-state index contributed by atoms with van der Waals surface area (Å²) in [5, 5.41) is 6.56. The summed E-state index contributed by atoms with van der Waals surface area (Å²) in [6.07, 6.45) is 1.18. The number of aromatic nitrogens is 2. The molecule has 162 valence electrons. The number of halogens is 1. The number of carbonyl (C=O) groups is 2. The molecule has 3 aromatic rings. The molecule has 1 aliphatic heterocycles. The lowest BCUT2D eigenvalue weighted by Crippen LogP contribution is -2.41. The first-order valence-electron chi connectivity index (χ1n) is 10.3. The van der Waals surface area contributed by atoms with Crippen molar-refractivity contribution in [3.8, 4) is 5.69 Å². The second-order valence-electron chi connectivity index (χ2n) is 7.98.